The van der Waals surface area contributed by atoms with Gasteiger partial charge in [-0.15, -0.1) is 0 Å². The molecule has 4 heteroatoms. The number of aromatic nitrogens is 2. The molecule has 1 unspecified atom stereocenters. The van der Waals surface area contributed by atoms with Gasteiger partial charge in [0.1, 0.15) is 6.10 Å². The molecule has 1 atom stereocenters. The van der Waals surface area contributed by atoms with Crippen LogP contribution in [0.25, 0.3) is 0 Å². The number of fused-ring (bicyclic) bond motifs is 1. The highest BCUT2D eigenvalue weighted by Crippen LogP contribution is 2.42. The first kappa shape index (κ1) is 13.0. The summed E-state index contributed by atoms with van der Waals surface area (Å²) in [6.07, 6.45) is 4.75. The number of ether oxygens (including phenoxy) is 1. The average molecular weight is 261 g/mol. The Kier molecular flexibility index (Phi) is 3.80. The molecule has 19 heavy (non-hydrogen) atoms. The van der Waals surface area contributed by atoms with E-state index in [4.69, 9.17) is 14.7 Å². The van der Waals surface area contributed by atoms with Crippen LogP contribution in [0.3, 0.4) is 0 Å². The number of nitrogens with one attached hydrogen (secondary N) is 1. The van der Waals surface area contributed by atoms with Crippen LogP contribution in [0.2, 0.25) is 0 Å². The standard InChI is InChI=1S/C15H23N3O/c1-3-5-13(19-4-2)15-17-12-9-16-8-11(12)14(18-15)10-6-7-10/h10,13,16H,3-9H2,1-2H3. The van der Waals surface area contributed by atoms with E-state index in [-0.39, 0.29) is 6.10 Å². The third kappa shape index (κ3) is 2.65. The lowest BCUT2D eigenvalue weighted by molar-refractivity contribution is 0.0490. The normalized spacial score (nSPS) is 19.5. The number of hydrogen-bond donors (Lipinski definition) is 1. The van der Waals surface area contributed by atoms with E-state index in [2.05, 4.69) is 12.2 Å². The van der Waals surface area contributed by atoms with Gasteiger partial charge < -0.3 is 10.1 Å². The van der Waals surface area contributed by atoms with Crippen molar-refractivity contribution in [1.82, 2.24) is 15.3 Å². The summed E-state index contributed by atoms with van der Waals surface area (Å²) in [6.45, 7) is 6.77. The Labute approximate surface area is 115 Å². The molecule has 0 radical (unpaired) electrons. The zero-order chi connectivity index (χ0) is 13.2. The maximum absolute atomic E-state index is 5.84. The van der Waals surface area contributed by atoms with E-state index in [0.29, 0.717) is 5.92 Å². The van der Waals surface area contributed by atoms with Crippen molar-refractivity contribution in [3.8, 4) is 0 Å². The van der Waals surface area contributed by atoms with Crippen molar-refractivity contribution in [2.45, 2.75) is 64.6 Å². The Morgan fingerprint density at radius 1 is 1.26 bits per heavy atom. The Balaban J connectivity index is 1.94. The van der Waals surface area contributed by atoms with E-state index in [0.717, 1.165) is 38.4 Å². The molecule has 3 rings (SSSR count). The monoisotopic (exact) mass is 261 g/mol. The van der Waals surface area contributed by atoms with Gasteiger partial charge in [-0.2, -0.15) is 0 Å². The van der Waals surface area contributed by atoms with Crippen LogP contribution in [-0.2, 0) is 17.8 Å². The first-order valence-electron chi connectivity index (χ1n) is 7.55. The molecule has 4 nitrogen and oxygen atoms in total. The predicted molar refractivity (Wildman–Crippen MR) is 73.8 cm³/mol. The van der Waals surface area contributed by atoms with E-state index in [9.17, 15) is 0 Å². The minimum absolute atomic E-state index is 0.0680. The maximum atomic E-state index is 5.84. The quantitative estimate of drug-likeness (QED) is 0.855. The molecule has 1 fully saturated rings. The van der Waals surface area contributed by atoms with Gasteiger partial charge in [0, 0.05) is 31.2 Å². The maximum Gasteiger partial charge on any atom is 0.157 e. The minimum atomic E-state index is 0.0680. The molecular formula is C15H23N3O. The second-order valence-electron chi connectivity index (χ2n) is 5.50. The molecule has 1 aromatic rings. The fourth-order valence-electron chi connectivity index (χ4n) is 2.80. The molecule has 1 saturated carbocycles. The second-order valence-corrected chi connectivity index (χ2v) is 5.50. The summed E-state index contributed by atoms with van der Waals surface area (Å²) in [5.74, 6) is 1.59. The van der Waals surface area contributed by atoms with Gasteiger partial charge in [-0.3, -0.25) is 0 Å². The molecule has 1 N–H and O–H groups in total. The van der Waals surface area contributed by atoms with Gasteiger partial charge in [0.25, 0.3) is 0 Å². The molecule has 0 saturated heterocycles. The molecule has 1 aromatic heterocycles. The van der Waals surface area contributed by atoms with Crippen LogP contribution < -0.4 is 5.32 Å². The summed E-state index contributed by atoms with van der Waals surface area (Å²) in [5.41, 5.74) is 3.86. The lowest BCUT2D eigenvalue weighted by Gasteiger charge is -2.17. The van der Waals surface area contributed by atoms with Crippen LogP contribution in [0, 0.1) is 0 Å². The van der Waals surface area contributed by atoms with Crippen LogP contribution in [-0.4, -0.2) is 16.6 Å². The van der Waals surface area contributed by atoms with Crippen molar-refractivity contribution in [1.29, 1.82) is 0 Å². The predicted octanol–water partition coefficient (Wildman–Crippen LogP) is 2.83. The number of nitrogens with zero attached hydrogens (tertiary/aromatic N) is 2. The van der Waals surface area contributed by atoms with Crippen LogP contribution in [0.4, 0.5) is 0 Å². The molecule has 0 aromatic carbocycles. The number of hydrogen-bond acceptors (Lipinski definition) is 4. The van der Waals surface area contributed by atoms with Gasteiger partial charge in [-0.1, -0.05) is 13.3 Å². The van der Waals surface area contributed by atoms with Crippen molar-refractivity contribution >= 4 is 0 Å². The summed E-state index contributed by atoms with van der Waals surface area (Å²) in [7, 11) is 0. The molecule has 1 aliphatic heterocycles. The fraction of sp³-hybridized carbons (Fsp3) is 0.733. The Hall–Kier alpha value is -1.00. The van der Waals surface area contributed by atoms with Crippen molar-refractivity contribution in [3.63, 3.8) is 0 Å². The van der Waals surface area contributed by atoms with Gasteiger partial charge >= 0.3 is 0 Å². The first-order valence-corrected chi connectivity index (χ1v) is 7.55. The van der Waals surface area contributed by atoms with Crippen LogP contribution in [0.1, 0.15) is 74.3 Å². The van der Waals surface area contributed by atoms with Gasteiger partial charge in [-0.05, 0) is 26.2 Å². The second kappa shape index (κ2) is 5.55. The van der Waals surface area contributed by atoms with E-state index < -0.39 is 0 Å². The zero-order valence-electron chi connectivity index (χ0n) is 11.9. The molecule has 1 aliphatic carbocycles. The molecule has 2 heterocycles. The van der Waals surface area contributed by atoms with E-state index in [1.807, 2.05) is 6.92 Å². The minimum Gasteiger partial charge on any atom is -0.371 e. The Bertz CT molecular complexity index is 451. The largest absolute Gasteiger partial charge is 0.371 e. The Morgan fingerprint density at radius 2 is 2.11 bits per heavy atom. The van der Waals surface area contributed by atoms with Gasteiger partial charge in [-0.25, -0.2) is 9.97 Å². The smallest absolute Gasteiger partial charge is 0.157 e. The highest BCUT2D eigenvalue weighted by molar-refractivity contribution is 5.34. The molecule has 0 bridgehead atoms. The summed E-state index contributed by atoms with van der Waals surface area (Å²) in [6, 6.07) is 0. The summed E-state index contributed by atoms with van der Waals surface area (Å²) in [4.78, 5) is 9.63. The summed E-state index contributed by atoms with van der Waals surface area (Å²) >= 11 is 0. The third-order valence-electron chi connectivity index (χ3n) is 3.91. The molecule has 0 amide bonds. The van der Waals surface area contributed by atoms with Crippen LogP contribution in [0.5, 0.6) is 0 Å². The summed E-state index contributed by atoms with van der Waals surface area (Å²) in [5, 5.41) is 3.40. The highest BCUT2D eigenvalue weighted by Gasteiger charge is 2.32. The molecule has 2 aliphatic rings. The van der Waals surface area contributed by atoms with Gasteiger partial charge in [0.2, 0.25) is 0 Å². The topological polar surface area (TPSA) is 47.0 Å². The number of rotatable bonds is 6. The Morgan fingerprint density at radius 3 is 2.79 bits per heavy atom. The summed E-state index contributed by atoms with van der Waals surface area (Å²) < 4.78 is 5.84. The van der Waals surface area contributed by atoms with E-state index in [1.54, 1.807) is 0 Å². The van der Waals surface area contributed by atoms with E-state index in [1.165, 1.54) is 29.8 Å². The van der Waals surface area contributed by atoms with E-state index >= 15 is 0 Å². The van der Waals surface area contributed by atoms with Crippen LogP contribution in [0.15, 0.2) is 0 Å². The van der Waals surface area contributed by atoms with Gasteiger partial charge in [0.05, 0.1) is 11.4 Å². The SMILES string of the molecule is CCCC(OCC)c1nc2c(c(C3CC3)n1)CNC2. The van der Waals surface area contributed by atoms with Gasteiger partial charge in [0.15, 0.2) is 5.82 Å². The first-order chi connectivity index (χ1) is 9.33. The fourth-order valence-corrected chi connectivity index (χ4v) is 2.80. The average Bonchev–Trinajstić information content (AvgIpc) is 3.15. The lowest BCUT2D eigenvalue weighted by Crippen LogP contribution is -2.12. The zero-order valence-corrected chi connectivity index (χ0v) is 11.9. The third-order valence-corrected chi connectivity index (χ3v) is 3.91. The van der Waals surface area contributed by atoms with Crippen molar-refractivity contribution in [2.24, 2.45) is 0 Å². The van der Waals surface area contributed by atoms with Crippen molar-refractivity contribution < 1.29 is 4.74 Å². The molecular weight excluding hydrogens is 238 g/mol. The van der Waals surface area contributed by atoms with Crippen molar-refractivity contribution in [3.05, 3.63) is 22.8 Å². The highest BCUT2D eigenvalue weighted by atomic mass is 16.5. The molecule has 0 spiro atoms. The lowest BCUT2D eigenvalue weighted by atomic mass is 10.1. The van der Waals surface area contributed by atoms with Crippen molar-refractivity contribution in [2.75, 3.05) is 6.61 Å². The molecule has 104 valence electrons. The van der Waals surface area contributed by atoms with Crippen LogP contribution >= 0.6 is 0 Å².